The Bertz CT molecular complexity index is 667. The van der Waals surface area contributed by atoms with E-state index in [9.17, 15) is 0 Å². The highest BCUT2D eigenvalue weighted by atomic mass is 28.4. The number of fused-ring (bicyclic) bond motifs is 1. The van der Waals surface area contributed by atoms with E-state index in [0.717, 1.165) is 6.42 Å². The highest BCUT2D eigenvalue weighted by Crippen LogP contribution is 2.59. The van der Waals surface area contributed by atoms with Gasteiger partial charge in [-0.3, -0.25) is 0 Å². The second kappa shape index (κ2) is 10.4. The maximum atomic E-state index is 7.08. The van der Waals surface area contributed by atoms with E-state index in [-0.39, 0.29) is 21.5 Å². The van der Waals surface area contributed by atoms with Gasteiger partial charge < -0.3 is 13.9 Å². The first-order valence-corrected chi connectivity index (χ1v) is 16.4. The maximum absolute atomic E-state index is 7.08. The molecule has 0 aromatic carbocycles. The molecule has 0 amide bonds. The quantitative estimate of drug-likeness (QED) is 0.178. The van der Waals surface area contributed by atoms with Gasteiger partial charge in [-0.25, -0.2) is 0 Å². The van der Waals surface area contributed by atoms with Crippen molar-refractivity contribution in [3.05, 3.63) is 11.6 Å². The van der Waals surface area contributed by atoms with E-state index in [2.05, 4.69) is 81.5 Å². The highest BCUT2D eigenvalue weighted by Gasteiger charge is 2.52. The monoisotopic (exact) mass is 480 g/mol. The molecule has 0 aliphatic heterocycles. The molecule has 0 unspecified atom stereocenters. The van der Waals surface area contributed by atoms with Gasteiger partial charge in [-0.2, -0.15) is 0 Å². The van der Waals surface area contributed by atoms with Crippen molar-refractivity contribution >= 4 is 8.32 Å². The van der Waals surface area contributed by atoms with Crippen LogP contribution >= 0.6 is 0 Å². The average Bonchev–Trinajstić information content (AvgIpc) is 2.99. The van der Waals surface area contributed by atoms with Gasteiger partial charge in [0.05, 0.1) is 5.60 Å². The zero-order valence-corrected chi connectivity index (χ0v) is 25.2. The molecular formula is C29H56O3Si. The Morgan fingerprint density at radius 3 is 2.27 bits per heavy atom. The van der Waals surface area contributed by atoms with Crippen molar-refractivity contribution in [2.75, 3.05) is 13.9 Å². The molecule has 0 N–H and O–H groups in total. The summed E-state index contributed by atoms with van der Waals surface area (Å²) in [5.74, 6) is 1.25. The van der Waals surface area contributed by atoms with Crippen LogP contribution in [0.1, 0.15) is 107 Å². The lowest BCUT2D eigenvalue weighted by molar-refractivity contribution is -0.118. The predicted octanol–water partition coefficient (Wildman–Crippen LogP) is 8.75. The summed E-state index contributed by atoms with van der Waals surface area (Å²) in [6.07, 6.45) is 11.6. The van der Waals surface area contributed by atoms with Crippen molar-refractivity contribution in [1.29, 1.82) is 0 Å². The smallest absolute Gasteiger partial charge is 0.192 e. The highest BCUT2D eigenvalue weighted by molar-refractivity contribution is 6.74. The van der Waals surface area contributed by atoms with Crippen LogP contribution in [0.2, 0.25) is 18.1 Å². The molecule has 2 aliphatic rings. The third-order valence-electron chi connectivity index (χ3n) is 9.22. The molecule has 2 rings (SSSR count). The molecule has 4 atom stereocenters. The Hall–Kier alpha value is -0.163. The Balaban J connectivity index is 2.17. The van der Waals surface area contributed by atoms with E-state index in [1.807, 2.05) is 0 Å². The van der Waals surface area contributed by atoms with Gasteiger partial charge >= 0.3 is 0 Å². The summed E-state index contributed by atoms with van der Waals surface area (Å²) in [5.41, 5.74) is 2.14. The Kier molecular flexibility index (Phi) is 9.20. The largest absolute Gasteiger partial charge is 0.414 e. The summed E-state index contributed by atoms with van der Waals surface area (Å²) in [6, 6.07) is 0. The van der Waals surface area contributed by atoms with Gasteiger partial charge in [-0.05, 0) is 93.2 Å². The molecule has 0 saturated heterocycles. The van der Waals surface area contributed by atoms with Crippen molar-refractivity contribution in [2.45, 2.75) is 137 Å². The van der Waals surface area contributed by atoms with Gasteiger partial charge in [0.2, 0.25) is 0 Å². The molecule has 0 aromatic rings. The molecule has 33 heavy (non-hydrogen) atoms. The fraction of sp³-hybridized carbons (Fsp3) is 0.931. The van der Waals surface area contributed by atoms with E-state index in [0.29, 0.717) is 24.7 Å². The zero-order chi connectivity index (χ0) is 25.3. The first-order chi connectivity index (χ1) is 14.9. The fourth-order valence-corrected chi connectivity index (χ4v) is 7.43. The van der Waals surface area contributed by atoms with Crippen LogP contribution in [0.3, 0.4) is 0 Å². The summed E-state index contributed by atoms with van der Waals surface area (Å²) < 4.78 is 18.1. The summed E-state index contributed by atoms with van der Waals surface area (Å²) in [7, 11) is -0.0753. The van der Waals surface area contributed by atoms with E-state index in [1.54, 1.807) is 12.7 Å². The maximum Gasteiger partial charge on any atom is 0.192 e. The summed E-state index contributed by atoms with van der Waals surface area (Å²) in [4.78, 5) is 0. The Morgan fingerprint density at radius 1 is 1.09 bits per heavy atom. The van der Waals surface area contributed by atoms with Crippen LogP contribution in [0.15, 0.2) is 11.6 Å². The lowest BCUT2D eigenvalue weighted by Crippen LogP contribution is -2.50. The van der Waals surface area contributed by atoms with Gasteiger partial charge in [0.15, 0.2) is 8.32 Å². The van der Waals surface area contributed by atoms with Crippen LogP contribution in [0.25, 0.3) is 0 Å². The average molecular weight is 481 g/mol. The minimum absolute atomic E-state index is 0.137. The molecule has 2 aliphatic carbocycles. The molecule has 0 radical (unpaired) electrons. The fourth-order valence-electron chi connectivity index (χ4n) is 6.04. The van der Waals surface area contributed by atoms with Crippen LogP contribution < -0.4 is 0 Å². The van der Waals surface area contributed by atoms with Crippen molar-refractivity contribution in [3.8, 4) is 0 Å². The van der Waals surface area contributed by atoms with Crippen LogP contribution in [0, 0.1) is 22.7 Å². The topological polar surface area (TPSA) is 27.7 Å². The molecule has 0 bridgehead atoms. The number of methoxy groups -OCH3 is 1. The molecule has 0 heterocycles. The summed E-state index contributed by atoms with van der Waals surface area (Å²) >= 11 is 0. The zero-order valence-electron chi connectivity index (χ0n) is 24.2. The summed E-state index contributed by atoms with van der Waals surface area (Å²) in [6.45, 7) is 26.6. The number of hydrogen-bond acceptors (Lipinski definition) is 3. The first kappa shape index (κ1) is 29.1. The molecule has 0 spiro atoms. The van der Waals surface area contributed by atoms with Crippen LogP contribution in [-0.2, 0) is 13.9 Å². The number of ether oxygens (including phenoxy) is 2. The van der Waals surface area contributed by atoms with Crippen molar-refractivity contribution in [3.63, 3.8) is 0 Å². The number of hydrogen-bond donors (Lipinski definition) is 0. The lowest BCUT2D eigenvalue weighted by atomic mass is 9.59. The van der Waals surface area contributed by atoms with Gasteiger partial charge in [0.1, 0.15) is 6.79 Å². The van der Waals surface area contributed by atoms with E-state index in [4.69, 9.17) is 13.9 Å². The van der Waals surface area contributed by atoms with Crippen LogP contribution in [-0.4, -0.2) is 33.9 Å². The second-order valence-electron chi connectivity index (χ2n) is 14.3. The lowest BCUT2D eigenvalue weighted by Gasteiger charge is -2.50. The minimum atomic E-state index is -1.77. The van der Waals surface area contributed by atoms with Crippen LogP contribution in [0.4, 0.5) is 0 Å². The number of rotatable bonds is 10. The van der Waals surface area contributed by atoms with Gasteiger partial charge in [0.25, 0.3) is 0 Å². The van der Waals surface area contributed by atoms with E-state index < -0.39 is 8.32 Å². The molecule has 1 saturated carbocycles. The van der Waals surface area contributed by atoms with E-state index in [1.165, 1.54) is 38.5 Å². The Labute approximate surface area is 207 Å². The Morgan fingerprint density at radius 2 is 1.73 bits per heavy atom. The molecule has 194 valence electrons. The third-order valence-corrected chi connectivity index (χ3v) is 13.7. The first-order valence-electron chi connectivity index (χ1n) is 13.5. The van der Waals surface area contributed by atoms with Crippen molar-refractivity contribution in [2.24, 2.45) is 22.7 Å². The van der Waals surface area contributed by atoms with Crippen LogP contribution in [0.5, 0.6) is 0 Å². The molecular weight excluding hydrogens is 424 g/mol. The molecule has 4 heteroatoms. The van der Waals surface area contributed by atoms with Gasteiger partial charge in [-0.15, -0.1) is 0 Å². The molecule has 1 fully saturated rings. The van der Waals surface area contributed by atoms with Gasteiger partial charge in [0, 0.05) is 13.2 Å². The van der Waals surface area contributed by atoms with Gasteiger partial charge in [-0.1, -0.05) is 66.5 Å². The SMILES string of the molecule is COCOC(C)(C)CCC[C@H](C1=CC[C@H]2[C@@H](O[Si](C)(C)C(C)(C)C)CCC[C@]12C)C(C)(C)C. The standard InChI is InChI=1S/C29H56O3Si/c1-26(2,3)22(15-13-19-28(7,8)31-21-30-10)23-17-18-24-25(16-14-20-29(23,24)9)32-33(11,12)27(4,5)6/h17,22,24-25H,13-16,18-21H2,1-12H3/t22-,24+,25+,29-/m1/s1. The molecule has 0 aromatic heterocycles. The molecule has 3 nitrogen and oxygen atoms in total. The minimum Gasteiger partial charge on any atom is -0.414 e. The van der Waals surface area contributed by atoms with Crippen molar-refractivity contribution in [1.82, 2.24) is 0 Å². The summed E-state index contributed by atoms with van der Waals surface area (Å²) in [5, 5.41) is 0.265. The van der Waals surface area contributed by atoms with E-state index >= 15 is 0 Å². The normalized spacial score (nSPS) is 27.9. The second-order valence-corrected chi connectivity index (χ2v) is 19.1. The predicted molar refractivity (Wildman–Crippen MR) is 144 cm³/mol. The third kappa shape index (κ3) is 6.95. The van der Waals surface area contributed by atoms with Crippen molar-refractivity contribution < 1.29 is 13.9 Å². The number of allylic oxidation sites excluding steroid dienone is 2.